The van der Waals surface area contributed by atoms with E-state index in [1.54, 1.807) is 48.5 Å². The highest BCUT2D eigenvalue weighted by molar-refractivity contribution is 7.90. The second-order valence-corrected chi connectivity index (χ2v) is 9.31. The summed E-state index contributed by atoms with van der Waals surface area (Å²) in [6.45, 7) is 0. The van der Waals surface area contributed by atoms with E-state index in [4.69, 9.17) is 11.6 Å². The Morgan fingerprint density at radius 1 is 1.03 bits per heavy atom. The quantitative estimate of drug-likeness (QED) is 0.453. The summed E-state index contributed by atoms with van der Waals surface area (Å²) in [5, 5.41) is 17.6. The van der Waals surface area contributed by atoms with E-state index < -0.39 is 10.0 Å². The minimum atomic E-state index is -3.67. The summed E-state index contributed by atoms with van der Waals surface area (Å²) in [6.07, 6.45) is 2.91. The molecule has 4 rings (SSSR count). The van der Waals surface area contributed by atoms with Crippen LogP contribution in [-0.4, -0.2) is 22.6 Å². The van der Waals surface area contributed by atoms with Crippen LogP contribution in [0.15, 0.2) is 77.8 Å². The van der Waals surface area contributed by atoms with Gasteiger partial charge in [-0.3, -0.25) is 5.10 Å². The molecule has 0 saturated carbocycles. The van der Waals surface area contributed by atoms with E-state index in [-0.39, 0.29) is 4.90 Å². The van der Waals surface area contributed by atoms with Crippen LogP contribution in [0.3, 0.4) is 0 Å². The first kappa shape index (κ1) is 20.9. The fourth-order valence-electron chi connectivity index (χ4n) is 3.49. The lowest BCUT2D eigenvalue weighted by Crippen LogP contribution is -2.15. The van der Waals surface area contributed by atoms with Crippen LogP contribution in [0.5, 0.6) is 0 Å². The summed E-state index contributed by atoms with van der Waals surface area (Å²) in [7, 11) is -3.67. The Balaban J connectivity index is 1.54. The Morgan fingerprint density at radius 3 is 2.58 bits per heavy atom. The molecule has 4 aromatic rings. The van der Waals surface area contributed by atoms with Gasteiger partial charge in [-0.25, -0.2) is 12.4 Å². The molecule has 8 heteroatoms. The van der Waals surface area contributed by atoms with Crippen LogP contribution in [0.1, 0.15) is 28.2 Å². The lowest BCUT2D eigenvalue weighted by Gasteiger charge is -2.10. The number of nitrogens with one attached hydrogen (secondary N) is 1. The first-order chi connectivity index (χ1) is 15.0. The van der Waals surface area contributed by atoms with E-state index in [0.717, 1.165) is 5.56 Å². The fraction of sp³-hybridized carbons (Fsp3) is 0.130. The third-order valence-electron chi connectivity index (χ3n) is 5.01. The van der Waals surface area contributed by atoms with Gasteiger partial charge in [-0.15, -0.1) is 0 Å². The average Bonchev–Trinajstić information content (AvgIpc) is 3.40. The second-order valence-electron chi connectivity index (χ2n) is 7.06. The van der Waals surface area contributed by atoms with Crippen molar-refractivity contribution in [2.45, 2.75) is 24.2 Å². The third kappa shape index (κ3) is 4.41. The molecule has 0 aliphatic heterocycles. The topological polar surface area (TPSA) is 91.5 Å². The van der Waals surface area contributed by atoms with Gasteiger partial charge in [0.05, 0.1) is 21.8 Å². The van der Waals surface area contributed by atoms with E-state index in [0.29, 0.717) is 46.9 Å². The number of hydrogen-bond acceptors (Lipinski definition) is 4. The Hall–Kier alpha value is -3.34. The number of aryl methyl sites for hydroxylation is 2. The molecule has 0 bridgehead atoms. The van der Waals surface area contributed by atoms with E-state index in [1.807, 2.05) is 18.2 Å². The average molecular weight is 451 g/mol. The molecule has 0 fully saturated rings. The summed E-state index contributed by atoms with van der Waals surface area (Å²) in [5.41, 5.74) is 3.43. The number of nitriles is 1. The van der Waals surface area contributed by atoms with Gasteiger partial charge < -0.3 is 0 Å². The van der Waals surface area contributed by atoms with Crippen molar-refractivity contribution >= 4 is 21.6 Å². The normalized spacial score (nSPS) is 11.4. The second kappa shape index (κ2) is 8.80. The van der Waals surface area contributed by atoms with Crippen LogP contribution in [-0.2, 0) is 29.3 Å². The predicted molar refractivity (Wildman–Crippen MR) is 118 cm³/mol. The van der Waals surface area contributed by atoms with Crippen molar-refractivity contribution < 1.29 is 8.42 Å². The summed E-state index contributed by atoms with van der Waals surface area (Å²) >= 11 is 6.05. The maximum Gasteiger partial charge on any atom is 0.267 e. The van der Waals surface area contributed by atoms with Gasteiger partial charge in [0.2, 0.25) is 0 Å². The van der Waals surface area contributed by atoms with Crippen LogP contribution in [0.4, 0.5) is 0 Å². The van der Waals surface area contributed by atoms with Crippen LogP contribution in [0, 0.1) is 11.3 Å². The number of aromatic amines is 1. The number of rotatable bonds is 7. The molecular formula is C23H19ClN4O2S. The summed E-state index contributed by atoms with van der Waals surface area (Å²) in [4.78, 5) is 0.230. The Morgan fingerprint density at radius 2 is 1.84 bits per heavy atom. The predicted octanol–water partition coefficient (Wildman–Crippen LogP) is 4.35. The van der Waals surface area contributed by atoms with Crippen molar-refractivity contribution in [3.8, 4) is 6.07 Å². The molecule has 31 heavy (non-hydrogen) atoms. The molecule has 1 N–H and O–H groups in total. The molecule has 156 valence electrons. The van der Waals surface area contributed by atoms with Crippen molar-refractivity contribution in [1.29, 1.82) is 5.26 Å². The van der Waals surface area contributed by atoms with Gasteiger partial charge in [-0.05, 0) is 54.8 Å². The van der Waals surface area contributed by atoms with Gasteiger partial charge in [0, 0.05) is 23.3 Å². The zero-order chi connectivity index (χ0) is 21.8. The number of aromatic nitrogens is 3. The molecule has 2 heterocycles. The molecule has 6 nitrogen and oxygen atoms in total. The Bertz CT molecular complexity index is 1350. The van der Waals surface area contributed by atoms with Gasteiger partial charge >= 0.3 is 0 Å². The standard InChI is InChI=1S/C23H19ClN4O2S/c24-18-7-4-6-17(14-18)15-23-21(16-25)22(26-27-23)12-11-19-8-5-13-28(19)31(29,30)20-9-2-1-3-10-20/h1-10,13-14H,11-12,15H2,(H,26,27). The number of benzene rings is 2. The number of nitrogens with zero attached hydrogens (tertiary/aromatic N) is 3. The van der Waals surface area contributed by atoms with Crippen LogP contribution in [0.2, 0.25) is 5.02 Å². The van der Waals surface area contributed by atoms with Crippen LogP contribution >= 0.6 is 11.6 Å². The van der Waals surface area contributed by atoms with Gasteiger partial charge in [0.25, 0.3) is 10.0 Å². The van der Waals surface area contributed by atoms with Crippen LogP contribution in [0.25, 0.3) is 0 Å². The molecule has 0 radical (unpaired) electrons. The maximum absolute atomic E-state index is 13.0. The molecule has 0 unspecified atom stereocenters. The molecule has 2 aromatic heterocycles. The Kier molecular flexibility index (Phi) is 5.94. The fourth-order valence-corrected chi connectivity index (χ4v) is 5.13. The van der Waals surface area contributed by atoms with E-state index in [9.17, 15) is 13.7 Å². The van der Waals surface area contributed by atoms with E-state index in [2.05, 4.69) is 16.3 Å². The van der Waals surface area contributed by atoms with E-state index in [1.165, 1.54) is 10.2 Å². The van der Waals surface area contributed by atoms with Gasteiger partial charge in [0.15, 0.2) is 0 Å². The van der Waals surface area contributed by atoms with Gasteiger partial charge in [-0.1, -0.05) is 41.9 Å². The van der Waals surface area contributed by atoms with E-state index >= 15 is 0 Å². The summed E-state index contributed by atoms with van der Waals surface area (Å²) < 4.78 is 27.2. The third-order valence-corrected chi connectivity index (χ3v) is 6.99. The molecule has 0 spiro atoms. The molecule has 0 amide bonds. The highest BCUT2D eigenvalue weighted by Crippen LogP contribution is 2.21. The van der Waals surface area contributed by atoms with Crippen molar-refractivity contribution in [2.75, 3.05) is 0 Å². The first-order valence-corrected chi connectivity index (χ1v) is 11.5. The monoisotopic (exact) mass is 450 g/mol. The minimum absolute atomic E-state index is 0.230. The largest absolute Gasteiger partial charge is 0.281 e. The maximum atomic E-state index is 13.0. The van der Waals surface area contributed by atoms with Crippen molar-refractivity contribution in [3.05, 3.63) is 106 Å². The van der Waals surface area contributed by atoms with Crippen molar-refractivity contribution in [1.82, 2.24) is 14.2 Å². The van der Waals surface area contributed by atoms with Crippen molar-refractivity contribution in [3.63, 3.8) is 0 Å². The highest BCUT2D eigenvalue weighted by Gasteiger charge is 2.20. The number of halogens is 1. The number of H-pyrrole nitrogens is 1. The lowest BCUT2D eigenvalue weighted by molar-refractivity contribution is 0.585. The SMILES string of the molecule is N#Cc1c(CCc2cccn2S(=O)(=O)c2ccccc2)n[nH]c1Cc1cccc(Cl)c1. The van der Waals surface area contributed by atoms with Crippen molar-refractivity contribution in [2.24, 2.45) is 0 Å². The summed E-state index contributed by atoms with van der Waals surface area (Å²) in [6, 6.07) is 21.5. The molecule has 0 atom stereocenters. The molecule has 0 saturated heterocycles. The smallest absolute Gasteiger partial charge is 0.267 e. The zero-order valence-electron chi connectivity index (χ0n) is 16.5. The number of hydrogen-bond donors (Lipinski definition) is 1. The first-order valence-electron chi connectivity index (χ1n) is 9.66. The lowest BCUT2D eigenvalue weighted by atomic mass is 10.0. The zero-order valence-corrected chi connectivity index (χ0v) is 18.1. The van der Waals surface area contributed by atoms with Gasteiger partial charge in [0.1, 0.15) is 6.07 Å². The Labute approximate surface area is 185 Å². The van der Waals surface area contributed by atoms with Gasteiger partial charge in [-0.2, -0.15) is 10.4 Å². The molecule has 2 aromatic carbocycles. The highest BCUT2D eigenvalue weighted by atomic mass is 35.5. The van der Waals surface area contributed by atoms with Crippen LogP contribution < -0.4 is 0 Å². The minimum Gasteiger partial charge on any atom is -0.281 e. The molecule has 0 aliphatic rings. The summed E-state index contributed by atoms with van der Waals surface area (Å²) in [5.74, 6) is 0. The molecular weight excluding hydrogens is 432 g/mol. The molecule has 0 aliphatic carbocycles.